The molecule has 5 nitrogen and oxygen atoms in total. The van der Waals surface area contributed by atoms with Crippen LogP contribution in [-0.2, 0) is 0 Å². The molecule has 0 aliphatic rings. The van der Waals surface area contributed by atoms with E-state index in [9.17, 15) is 0 Å². The molecule has 206 valence electrons. The number of hydrogen-bond donors (Lipinski definition) is 1. The van der Waals surface area contributed by atoms with E-state index in [1.54, 1.807) is 0 Å². The third-order valence-corrected chi connectivity index (χ3v) is 8.40. The van der Waals surface area contributed by atoms with Gasteiger partial charge in [0.15, 0.2) is 17.5 Å². The van der Waals surface area contributed by atoms with Crippen molar-refractivity contribution in [1.29, 1.82) is 0 Å². The first-order valence-electron chi connectivity index (χ1n) is 14.7. The van der Waals surface area contributed by atoms with Crippen LogP contribution in [0.15, 0.2) is 146 Å². The molecule has 3 heterocycles. The second-order valence-electron chi connectivity index (χ2n) is 11.0. The average molecular weight is 564 g/mol. The fraction of sp³-hybridized carbons (Fsp3) is 0. The van der Waals surface area contributed by atoms with Gasteiger partial charge in [-0.3, -0.25) is 0 Å². The maximum absolute atomic E-state index is 5.07. The van der Waals surface area contributed by atoms with Gasteiger partial charge in [0.1, 0.15) is 0 Å². The predicted octanol–water partition coefficient (Wildman–Crippen LogP) is 9.60. The number of nitrogens with zero attached hydrogens (tertiary/aromatic N) is 4. The molecule has 0 spiro atoms. The molecule has 3 aromatic heterocycles. The summed E-state index contributed by atoms with van der Waals surface area (Å²) in [5.74, 6) is 1.92. The van der Waals surface area contributed by atoms with Crippen molar-refractivity contribution < 1.29 is 0 Å². The lowest BCUT2D eigenvalue weighted by Gasteiger charge is -2.14. The smallest absolute Gasteiger partial charge is 0.166 e. The summed E-state index contributed by atoms with van der Waals surface area (Å²) in [6.45, 7) is 0. The Morgan fingerprint density at radius 1 is 0.432 bits per heavy atom. The molecular formula is C39H25N5. The Labute approximate surface area is 253 Å². The fourth-order valence-corrected chi connectivity index (χ4v) is 6.42. The molecule has 0 saturated carbocycles. The molecule has 44 heavy (non-hydrogen) atoms. The van der Waals surface area contributed by atoms with Crippen molar-refractivity contribution in [2.24, 2.45) is 0 Å². The zero-order chi connectivity index (χ0) is 29.0. The summed E-state index contributed by atoms with van der Waals surface area (Å²) in [6.07, 6.45) is 0. The highest BCUT2D eigenvalue weighted by Crippen LogP contribution is 2.40. The molecule has 6 aromatic carbocycles. The number of nitrogens with one attached hydrogen (secondary N) is 1. The van der Waals surface area contributed by atoms with Crippen molar-refractivity contribution in [3.8, 4) is 39.9 Å². The molecule has 0 radical (unpaired) electrons. The van der Waals surface area contributed by atoms with Crippen LogP contribution in [0.5, 0.6) is 0 Å². The van der Waals surface area contributed by atoms with Crippen LogP contribution in [0.25, 0.3) is 83.5 Å². The summed E-state index contributed by atoms with van der Waals surface area (Å²) in [6, 6.07) is 50.2. The van der Waals surface area contributed by atoms with E-state index in [2.05, 4.69) is 94.5 Å². The van der Waals surface area contributed by atoms with Gasteiger partial charge in [0, 0.05) is 43.8 Å². The summed E-state index contributed by atoms with van der Waals surface area (Å²) < 4.78 is 2.35. The van der Waals surface area contributed by atoms with E-state index in [4.69, 9.17) is 15.0 Å². The number of aromatic amines is 1. The fourth-order valence-electron chi connectivity index (χ4n) is 6.42. The van der Waals surface area contributed by atoms with E-state index in [1.807, 2.05) is 60.7 Å². The minimum Gasteiger partial charge on any atom is -0.354 e. The highest BCUT2D eigenvalue weighted by atomic mass is 15.1. The molecule has 0 atom stereocenters. The number of hydrogen-bond acceptors (Lipinski definition) is 3. The van der Waals surface area contributed by atoms with Crippen molar-refractivity contribution in [2.75, 3.05) is 0 Å². The predicted molar refractivity (Wildman–Crippen MR) is 180 cm³/mol. The first-order valence-corrected chi connectivity index (χ1v) is 14.7. The van der Waals surface area contributed by atoms with Gasteiger partial charge in [0.05, 0.1) is 22.2 Å². The highest BCUT2D eigenvalue weighted by Gasteiger charge is 2.21. The van der Waals surface area contributed by atoms with Gasteiger partial charge in [-0.05, 0) is 30.3 Å². The molecule has 9 aromatic rings. The number of fused-ring (bicyclic) bond motifs is 7. The molecule has 0 fully saturated rings. The van der Waals surface area contributed by atoms with E-state index in [1.165, 1.54) is 21.5 Å². The Morgan fingerprint density at radius 3 is 1.77 bits per heavy atom. The molecule has 1 N–H and O–H groups in total. The van der Waals surface area contributed by atoms with Crippen LogP contribution in [0.2, 0.25) is 0 Å². The van der Waals surface area contributed by atoms with Gasteiger partial charge in [-0.2, -0.15) is 0 Å². The first kappa shape index (κ1) is 24.5. The van der Waals surface area contributed by atoms with E-state index >= 15 is 0 Å². The largest absolute Gasteiger partial charge is 0.354 e. The van der Waals surface area contributed by atoms with Crippen LogP contribution in [0.4, 0.5) is 0 Å². The third-order valence-electron chi connectivity index (χ3n) is 8.40. The lowest BCUT2D eigenvalue weighted by molar-refractivity contribution is 1.06. The van der Waals surface area contributed by atoms with Gasteiger partial charge < -0.3 is 9.55 Å². The second kappa shape index (κ2) is 9.75. The van der Waals surface area contributed by atoms with Crippen molar-refractivity contribution >= 4 is 43.6 Å². The molecule has 0 unspecified atom stereocenters. The van der Waals surface area contributed by atoms with Gasteiger partial charge in [-0.1, -0.05) is 115 Å². The molecule has 0 bridgehead atoms. The van der Waals surface area contributed by atoms with Gasteiger partial charge >= 0.3 is 0 Å². The Bertz CT molecular complexity index is 2430. The third kappa shape index (κ3) is 3.76. The van der Waals surface area contributed by atoms with E-state index in [-0.39, 0.29) is 0 Å². The molecule has 0 amide bonds. The van der Waals surface area contributed by atoms with Gasteiger partial charge in [0.2, 0.25) is 0 Å². The minimum atomic E-state index is 0.630. The van der Waals surface area contributed by atoms with E-state index < -0.39 is 0 Å². The molecule has 0 saturated heterocycles. The number of aromatic nitrogens is 5. The van der Waals surface area contributed by atoms with Crippen LogP contribution < -0.4 is 0 Å². The zero-order valence-electron chi connectivity index (χ0n) is 23.6. The van der Waals surface area contributed by atoms with E-state index in [0.717, 1.165) is 44.4 Å². The number of H-pyrrole nitrogens is 1. The normalized spacial score (nSPS) is 11.6. The van der Waals surface area contributed by atoms with Gasteiger partial charge in [0.25, 0.3) is 0 Å². The molecule has 9 rings (SSSR count). The van der Waals surface area contributed by atoms with Gasteiger partial charge in [-0.25, -0.2) is 15.0 Å². The van der Waals surface area contributed by atoms with Crippen molar-refractivity contribution in [1.82, 2.24) is 24.5 Å². The summed E-state index contributed by atoms with van der Waals surface area (Å²) in [5, 5.41) is 4.85. The zero-order valence-corrected chi connectivity index (χ0v) is 23.6. The maximum atomic E-state index is 5.07. The van der Waals surface area contributed by atoms with Crippen LogP contribution in [0.1, 0.15) is 0 Å². The minimum absolute atomic E-state index is 0.630. The molecule has 5 heteroatoms. The quantitative estimate of drug-likeness (QED) is 0.232. The molecular weight excluding hydrogens is 538 g/mol. The first-order chi connectivity index (χ1) is 21.8. The second-order valence-corrected chi connectivity index (χ2v) is 11.0. The SMILES string of the molecule is c1ccc(-c2nc(-c3ccccc3)nc(-c3ccccc3-n3c4ccccc4c4c5[nH]c6ccccc6c5ccc43)n2)cc1. The number of para-hydroxylation sites is 3. The van der Waals surface area contributed by atoms with Crippen molar-refractivity contribution in [2.45, 2.75) is 0 Å². The Morgan fingerprint density at radius 2 is 1.02 bits per heavy atom. The molecule has 0 aliphatic heterocycles. The standard InChI is InChI=1S/C39H25N5/c1-3-13-25(14-4-1)37-41-38(26-15-5-2-6-16-26)43-39(42-37)30-19-9-12-22-33(30)44-32-21-11-8-18-29(32)35-34(44)24-23-28-27-17-7-10-20-31(27)40-36(28)35/h1-24,40H. The maximum Gasteiger partial charge on any atom is 0.166 e. The highest BCUT2D eigenvalue weighted by molar-refractivity contribution is 6.25. The van der Waals surface area contributed by atoms with Gasteiger partial charge in [-0.15, -0.1) is 0 Å². The van der Waals surface area contributed by atoms with Crippen molar-refractivity contribution in [3.05, 3.63) is 146 Å². The van der Waals surface area contributed by atoms with Crippen LogP contribution in [0, 0.1) is 0 Å². The summed E-state index contributed by atoms with van der Waals surface area (Å²) in [7, 11) is 0. The van der Waals surface area contributed by atoms with Crippen LogP contribution in [-0.4, -0.2) is 24.5 Å². The topological polar surface area (TPSA) is 59.4 Å². The Kier molecular flexibility index (Phi) is 5.43. The monoisotopic (exact) mass is 563 g/mol. The summed E-state index contributed by atoms with van der Waals surface area (Å²) in [5.41, 5.74) is 8.38. The van der Waals surface area contributed by atoms with E-state index in [0.29, 0.717) is 17.5 Å². The average Bonchev–Trinajstić information content (AvgIpc) is 3.65. The van der Waals surface area contributed by atoms with Crippen molar-refractivity contribution in [3.63, 3.8) is 0 Å². The summed E-state index contributed by atoms with van der Waals surface area (Å²) in [4.78, 5) is 18.8. The number of rotatable bonds is 4. The lowest BCUT2D eigenvalue weighted by atomic mass is 10.1. The number of benzene rings is 6. The lowest BCUT2D eigenvalue weighted by Crippen LogP contribution is -2.03. The molecule has 0 aliphatic carbocycles. The summed E-state index contributed by atoms with van der Waals surface area (Å²) >= 11 is 0. The van der Waals surface area contributed by atoms with Crippen LogP contribution in [0.3, 0.4) is 0 Å². The van der Waals surface area contributed by atoms with Crippen LogP contribution >= 0.6 is 0 Å². The Balaban J connectivity index is 1.34. The Hall–Kier alpha value is -6.07.